The smallest absolute Gasteiger partial charge is 0.221 e. The summed E-state index contributed by atoms with van der Waals surface area (Å²) in [5, 5.41) is 2.69. The maximum absolute atomic E-state index is 10.8. The minimum Gasteiger partial charge on any atom is -0.326 e. The Kier molecular flexibility index (Phi) is 3.85. The zero-order valence-electron chi connectivity index (χ0n) is 8.12. The lowest BCUT2D eigenvalue weighted by molar-refractivity contribution is -0.114. The first-order valence-electron chi connectivity index (χ1n) is 4.52. The molecule has 0 bridgehead atoms. The van der Waals surface area contributed by atoms with E-state index in [1.165, 1.54) is 6.92 Å². The number of benzene rings is 1. The molecule has 3 nitrogen and oxygen atoms in total. The molecule has 3 heteroatoms. The molecule has 0 aliphatic rings. The fourth-order valence-electron chi connectivity index (χ4n) is 1.23. The highest BCUT2D eigenvalue weighted by Gasteiger charge is 1.97. The van der Waals surface area contributed by atoms with Gasteiger partial charge in [0.15, 0.2) is 0 Å². The Labute approximate surface area is 83.1 Å². The van der Waals surface area contributed by atoms with Crippen molar-refractivity contribution in [2.75, 3.05) is 5.32 Å². The maximum atomic E-state index is 10.8. The number of aryl methyl sites for hydroxylation is 1. The van der Waals surface area contributed by atoms with Crippen LogP contribution in [0.2, 0.25) is 0 Å². The summed E-state index contributed by atoms with van der Waals surface area (Å²) in [6.45, 7) is 1.47. The van der Waals surface area contributed by atoms with Gasteiger partial charge in [0, 0.05) is 19.0 Å². The van der Waals surface area contributed by atoms with Gasteiger partial charge in [0.05, 0.1) is 0 Å². The quantitative estimate of drug-likeness (QED) is 0.737. The van der Waals surface area contributed by atoms with Crippen molar-refractivity contribution < 1.29 is 9.59 Å². The summed E-state index contributed by atoms with van der Waals surface area (Å²) in [6.07, 6.45) is 2.13. The number of nitrogens with one attached hydrogen (secondary N) is 1. The molecule has 0 heterocycles. The first kappa shape index (κ1) is 10.4. The molecule has 0 aliphatic carbocycles. The zero-order chi connectivity index (χ0) is 10.4. The third-order valence-electron chi connectivity index (χ3n) is 1.80. The number of aldehydes is 1. The molecule has 0 aromatic heterocycles. The number of rotatable bonds is 4. The van der Waals surface area contributed by atoms with Gasteiger partial charge in [-0.05, 0) is 24.1 Å². The summed E-state index contributed by atoms with van der Waals surface area (Å²) in [5.41, 5.74) is 1.84. The molecule has 1 N–H and O–H groups in total. The van der Waals surface area contributed by atoms with E-state index in [1.54, 1.807) is 0 Å². The average molecular weight is 191 g/mol. The molecule has 74 valence electrons. The van der Waals surface area contributed by atoms with E-state index < -0.39 is 0 Å². The van der Waals surface area contributed by atoms with Crippen molar-refractivity contribution in [3.63, 3.8) is 0 Å². The van der Waals surface area contributed by atoms with Gasteiger partial charge in [-0.2, -0.15) is 0 Å². The third kappa shape index (κ3) is 3.39. The predicted octanol–water partition coefficient (Wildman–Crippen LogP) is 1.78. The molecular formula is C11H13NO2. The monoisotopic (exact) mass is 191 g/mol. The fraction of sp³-hybridized carbons (Fsp3) is 0.273. The SMILES string of the molecule is CC(=O)Nc1cccc(CCC=O)c1. The topological polar surface area (TPSA) is 46.2 Å². The van der Waals surface area contributed by atoms with E-state index in [1.807, 2.05) is 24.3 Å². The second-order valence-electron chi connectivity index (χ2n) is 3.09. The maximum Gasteiger partial charge on any atom is 0.221 e. The van der Waals surface area contributed by atoms with Crippen molar-refractivity contribution in [1.82, 2.24) is 0 Å². The Balaban J connectivity index is 2.68. The molecule has 0 radical (unpaired) electrons. The van der Waals surface area contributed by atoms with Crippen LogP contribution < -0.4 is 5.32 Å². The first-order chi connectivity index (χ1) is 6.72. The molecular weight excluding hydrogens is 178 g/mol. The van der Waals surface area contributed by atoms with Crippen molar-refractivity contribution in [3.8, 4) is 0 Å². The summed E-state index contributed by atoms with van der Waals surface area (Å²) in [6, 6.07) is 7.51. The minimum absolute atomic E-state index is 0.0856. The number of amides is 1. The van der Waals surface area contributed by atoms with E-state index in [-0.39, 0.29) is 5.91 Å². The van der Waals surface area contributed by atoms with Crippen molar-refractivity contribution in [1.29, 1.82) is 0 Å². The van der Waals surface area contributed by atoms with Crippen LogP contribution in [0, 0.1) is 0 Å². The Bertz CT molecular complexity index is 334. The van der Waals surface area contributed by atoms with Crippen LogP contribution in [0.1, 0.15) is 18.9 Å². The second kappa shape index (κ2) is 5.17. The Morgan fingerprint density at radius 2 is 2.29 bits per heavy atom. The van der Waals surface area contributed by atoms with Crippen molar-refractivity contribution >= 4 is 17.9 Å². The van der Waals surface area contributed by atoms with Crippen molar-refractivity contribution in [2.24, 2.45) is 0 Å². The highest BCUT2D eigenvalue weighted by Crippen LogP contribution is 2.11. The Hall–Kier alpha value is -1.64. The molecule has 1 aromatic carbocycles. The van der Waals surface area contributed by atoms with E-state index in [0.29, 0.717) is 6.42 Å². The molecule has 1 aromatic rings. The Morgan fingerprint density at radius 3 is 2.93 bits per heavy atom. The van der Waals surface area contributed by atoms with Gasteiger partial charge < -0.3 is 10.1 Å². The van der Waals surface area contributed by atoms with E-state index >= 15 is 0 Å². The number of carbonyl (C=O) groups is 2. The van der Waals surface area contributed by atoms with E-state index in [4.69, 9.17) is 0 Å². The van der Waals surface area contributed by atoms with Crippen LogP contribution in [0.5, 0.6) is 0 Å². The normalized spacial score (nSPS) is 9.50. The van der Waals surface area contributed by atoms with Crippen molar-refractivity contribution in [3.05, 3.63) is 29.8 Å². The highest BCUT2D eigenvalue weighted by molar-refractivity contribution is 5.88. The van der Waals surface area contributed by atoms with Gasteiger partial charge in [0.1, 0.15) is 6.29 Å². The van der Waals surface area contributed by atoms with Gasteiger partial charge in [-0.15, -0.1) is 0 Å². The van der Waals surface area contributed by atoms with Gasteiger partial charge in [-0.1, -0.05) is 12.1 Å². The number of anilines is 1. The van der Waals surface area contributed by atoms with Crippen LogP contribution in [0.15, 0.2) is 24.3 Å². The largest absolute Gasteiger partial charge is 0.326 e. The van der Waals surface area contributed by atoms with Crippen LogP contribution in [-0.2, 0) is 16.0 Å². The molecule has 0 unspecified atom stereocenters. The lowest BCUT2D eigenvalue weighted by Crippen LogP contribution is -2.05. The lowest BCUT2D eigenvalue weighted by Gasteiger charge is -2.03. The summed E-state index contributed by atoms with van der Waals surface area (Å²) in [5.74, 6) is -0.0856. The molecule has 0 saturated heterocycles. The standard InChI is InChI=1S/C11H13NO2/c1-9(14)12-11-6-2-4-10(8-11)5-3-7-13/h2,4,6-8H,3,5H2,1H3,(H,12,14). The van der Waals surface area contributed by atoms with Gasteiger partial charge in [-0.25, -0.2) is 0 Å². The summed E-state index contributed by atoms with van der Waals surface area (Å²) in [7, 11) is 0. The molecule has 14 heavy (non-hydrogen) atoms. The molecule has 0 aliphatic heterocycles. The number of carbonyl (C=O) groups excluding carboxylic acids is 2. The Morgan fingerprint density at radius 1 is 1.50 bits per heavy atom. The molecule has 1 amide bonds. The van der Waals surface area contributed by atoms with E-state index in [0.717, 1.165) is 24.0 Å². The highest BCUT2D eigenvalue weighted by atomic mass is 16.1. The molecule has 0 saturated carbocycles. The average Bonchev–Trinajstić information content (AvgIpc) is 2.14. The van der Waals surface area contributed by atoms with Crippen LogP contribution in [-0.4, -0.2) is 12.2 Å². The molecule has 0 atom stereocenters. The third-order valence-corrected chi connectivity index (χ3v) is 1.80. The van der Waals surface area contributed by atoms with Gasteiger partial charge in [-0.3, -0.25) is 4.79 Å². The second-order valence-corrected chi connectivity index (χ2v) is 3.09. The first-order valence-corrected chi connectivity index (χ1v) is 4.52. The fourth-order valence-corrected chi connectivity index (χ4v) is 1.23. The van der Waals surface area contributed by atoms with E-state index in [9.17, 15) is 9.59 Å². The minimum atomic E-state index is -0.0856. The van der Waals surface area contributed by atoms with Gasteiger partial charge in [0.2, 0.25) is 5.91 Å². The lowest BCUT2D eigenvalue weighted by atomic mass is 10.1. The number of hydrogen-bond donors (Lipinski definition) is 1. The summed E-state index contributed by atoms with van der Waals surface area (Å²) in [4.78, 5) is 20.9. The molecule has 1 rings (SSSR count). The van der Waals surface area contributed by atoms with E-state index in [2.05, 4.69) is 5.32 Å². The van der Waals surface area contributed by atoms with Crippen LogP contribution in [0.4, 0.5) is 5.69 Å². The summed E-state index contributed by atoms with van der Waals surface area (Å²) >= 11 is 0. The van der Waals surface area contributed by atoms with Crippen LogP contribution in [0.3, 0.4) is 0 Å². The predicted molar refractivity (Wildman–Crippen MR) is 55.1 cm³/mol. The molecule has 0 spiro atoms. The van der Waals surface area contributed by atoms with Crippen molar-refractivity contribution in [2.45, 2.75) is 19.8 Å². The summed E-state index contributed by atoms with van der Waals surface area (Å²) < 4.78 is 0. The van der Waals surface area contributed by atoms with Gasteiger partial charge in [0.25, 0.3) is 0 Å². The zero-order valence-corrected chi connectivity index (χ0v) is 8.12. The van der Waals surface area contributed by atoms with Crippen LogP contribution >= 0.6 is 0 Å². The molecule has 0 fully saturated rings. The van der Waals surface area contributed by atoms with Gasteiger partial charge >= 0.3 is 0 Å². The number of hydrogen-bond acceptors (Lipinski definition) is 2. The van der Waals surface area contributed by atoms with Crippen LogP contribution in [0.25, 0.3) is 0 Å².